The number of ether oxygens (including phenoxy) is 1. The smallest absolute Gasteiger partial charge is 0.218 e. The molecule has 1 atom stereocenters. The normalized spacial score (nSPS) is 13.4. The fourth-order valence-corrected chi connectivity index (χ4v) is 3.46. The van der Waals surface area contributed by atoms with Crippen LogP contribution in [0.25, 0.3) is 0 Å². The molecule has 1 aromatic rings. The molecule has 5 nitrogen and oxygen atoms in total. The molecule has 0 aliphatic carbocycles. The van der Waals surface area contributed by atoms with Gasteiger partial charge >= 0.3 is 0 Å². The lowest BCUT2D eigenvalue weighted by Gasteiger charge is -2.24. The Bertz CT molecular complexity index is 573. The minimum atomic E-state index is -3.45. The maximum atomic E-state index is 12.4. The van der Waals surface area contributed by atoms with Crippen LogP contribution in [0.4, 0.5) is 0 Å². The lowest BCUT2D eigenvalue weighted by molar-refractivity contribution is 0.149. The Labute approximate surface area is 125 Å². The van der Waals surface area contributed by atoms with Gasteiger partial charge in [-0.15, -0.1) is 0 Å². The third-order valence-corrected chi connectivity index (χ3v) is 5.22. The molecule has 0 amide bonds. The number of rotatable bonds is 7. The summed E-state index contributed by atoms with van der Waals surface area (Å²) in [4.78, 5) is 0.198. The van der Waals surface area contributed by atoms with E-state index in [0.29, 0.717) is 17.7 Å². The van der Waals surface area contributed by atoms with Crippen molar-refractivity contribution in [1.29, 1.82) is 0 Å². The zero-order chi connectivity index (χ0) is 15.3. The highest BCUT2D eigenvalue weighted by Crippen LogP contribution is 2.16. The summed E-state index contributed by atoms with van der Waals surface area (Å²) in [5, 5.41) is 0. The van der Waals surface area contributed by atoms with Gasteiger partial charge in [-0.2, -0.15) is 4.31 Å². The van der Waals surface area contributed by atoms with Gasteiger partial charge in [-0.05, 0) is 12.5 Å². The van der Waals surface area contributed by atoms with Crippen molar-refractivity contribution in [3.63, 3.8) is 0 Å². The summed E-state index contributed by atoms with van der Waals surface area (Å²) in [6.07, 6.45) is 0. The van der Waals surface area contributed by atoms with E-state index in [1.165, 1.54) is 4.31 Å². The van der Waals surface area contributed by atoms with Crippen molar-refractivity contribution in [3.05, 3.63) is 35.4 Å². The van der Waals surface area contributed by atoms with Crippen molar-refractivity contribution in [2.45, 2.75) is 18.7 Å². The Hall–Kier alpha value is -1.02. The lowest BCUT2D eigenvalue weighted by atomic mass is 10.1. The molecule has 0 aliphatic rings. The van der Waals surface area contributed by atoms with E-state index in [9.17, 15) is 8.42 Å². The average Bonchev–Trinajstić information content (AvgIpc) is 2.38. The van der Waals surface area contributed by atoms with Gasteiger partial charge < -0.3 is 10.5 Å². The van der Waals surface area contributed by atoms with Crippen molar-refractivity contribution >= 4 is 27.2 Å². The maximum absolute atomic E-state index is 12.4. The SMILES string of the molecule is COCC(C)N(C)S(=O)(=O)Cc1ccccc1C(N)=S. The number of hydrogen-bond acceptors (Lipinski definition) is 4. The Balaban J connectivity index is 3.00. The lowest BCUT2D eigenvalue weighted by Crippen LogP contribution is -2.38. The number of benzene rings is 1. The van der Waals surface area contributed by atoms with E-state index >= 15 is 0 Å². The predicted molar refractivity (Wildman–Crippen MR) is 84.1 cm³/mol. The molecule has 7 heteroatoms. The van der Waals surface area contributed by atoms with Crippen LogP contribution in [0.3, 0.4) is 0 Å². The van der Waals surface area contributed by atoms with Gasteiger partial charge in [-0.25, -0.2) is 8.42 Å². The van der Waals surface area contributed by atoms with Gasteiger partial charge in [0.2, 0.25) is 10.0 Å². The summed E-state index contributed by atoms with van der Waals surface area (Å²) in [6.45, 7) is 2.13. The molecule has 0 saturated carbocycles. The first-order valence-corrected chi connectivity index (χ1v) is 8.13. The second-order valence-corrected chi connectivity index (χ2v) is 7.07. The topological polar surface area (TPSA) is 72.6 Å². The average molecular weight is 316 g/mol. The molecular formula is C13H20N2O3S2. The number of sulfonamides is 1. The molecule has 0 aromatic heterocycles. The Morgan fingerprint density at radius 2 is 2.05 bits per heavy atom. The van der Waals surface area contributed by atoms with Crippen LogP contribution in [0, 0.1) is 0 Å². The van der Waals surface area contributed by atoms with Crippen LogP contribution in [0.1, 0.15) is 18.1 Å². The maximum Gasteiger partial charge on any atom is 0.218 e. The molecule has 1 unspecified atom stereocenters. The summed E-state index contributed by atoms with van der Waals surface area (Å²) >= 11 is 4.95. The van der Waals surface area contributed by atoms with Gasteiger partial charge in [-0.3, -0.25) is 0 Å². The molecule has 0 saturated heterocycles. The van der Waals surface area contributed by atoms with Crippen molar-refractivity contribution in [2.24, 2.45) is 5.73 Å². The summed E-state index contributed by atoms with van der Waals surface area (Å²) in [5.41, 5.74) is 6.82. The van der Waals surface area contributed by atoms with Gasteiger partial charge in [0.15, 0.2) is 0 Å². The molecule has 0 aliphatic heterocycles. The molecule has 0 radical (unpaired) electrons. The molecule has 1 rings (SSSR count). The Kier molecular flexibility index (Phi) is 6.07. The van der Waals surface area contributed by atoms with Gasteiger partial charge in [-0.1, -0.05) is 36.5 Å². The summed E-state index contributed by atoms with van der Waals surface area (Å²) in [7, 11) is -0.368. The van der Waals surface area contributed by atoms with E-state index in [0.717, 1.165) is 0 Å². The van der Waals surface area contributed by atoms with Crippen molar-refractivity contribution < 1.29 is 13.2 Å². The van der Waals surface area contributed by atoms with Crippen LogP contribution >= 0.6 is 12.2 Å². The van der Waals surface area contributed by atoms with Crippen LogP contribution in [0.5, 0.6) is 0 Å². The third kappa shape index (κ3) is 4.24. The molecule has 1 aromatic carbocycles. The van der Waals surface area contributed by atoms with Crippen molar-refractivity contribution in [1.82, 2.24) is 4.31 Å². The zero-order valence-corrected chi connectivity index (χ0v) is 13.5. The highest BCUT2D eigenvalue weighted by atomic mass is 32.2. The first-order valence-electron chi connectivity index (χ1n) is 6.12. The Morgan fingerprint density at radius 3 is 2.60 bits per heavy atom. The van der Waals surface area contributed by atoms with E-state index < -0.39 is 10.0 Å². The number of nitrogens with two attached hydrogens (primary N) is 1. The molecule has 20 heavy (non-hydrogen) atoms. The second-order valence-electron chi connectivity index (χ2n) is 4.60. The number of methoxy groups -OCH3 is 1. The number of likely N-dealkylation sites (N-methyl/N-ethyl adjacent to an activating group) is 1. The first-order chi connectivity index (χ1) is 9.29. The van der Waals surface area contributed by atoms with Crippen LogP contribution in [-0.4, -0.2) is 44.5 Å². The number of thiocarbonyl (C=S) groups is 1. The molecule has 112 valence electrons. The van der Waals surface area contributed by atoms with Crippen LogP contribution < -0.4 is 5.73 Å². The Morgan fingerprint density at radius 1 is 1.45 bits per heavy atom. The van der Waals surface area contributed by atoms with Crippen molar-refractivity contribution in [3.8, 4) is 0 Å². The second kappa shape index (κ2) is 7.12. The standard InChI is InChI=1S/C13H20N2O3S2/c1-10(8-18-3)15(2)20(16,17)9-11-6-4-5-7-12(11)13(14)19/h4-7,10H,8-9H2,1-3H3,(H2,14,19). The summed E-state index contributed by atoms with van der Waals surface area (Å²) < 4.78 is 31.1. The molecule has 0 spiro atoms. The molecule has 2 N–H and O–H groups in total. The molecule has 0 heterocycles. The van der Waals surface area contributed by atoms with Crippen LogP contribution in [0.15, 0.2) is 24.3 Å². The fourth-order valence-electron chi connectivity index (χ4n) is 1.81. The quantitative estimate of drug-likeness (QED) is 0.763. The largest absolute Gasteiger partial charge is 0.389 e. The number of nitrogens with zero attached hydrogens (tertiary/aromatic N) is 1. The van der Waals surface area contributed by atoms with Gasteiger partial charge in [0.25, 0.3) is 0 Å². The van der Waals surface area contributed by atoms with E-state index in [1.807, 2.05) is 0 Å². The monoisotopic (exact) mass is 316 g/mol. The van der Waals surface area contributed by atoms with E-state index in [-0.39, 0.29) is 16.8 Å². The van der Waals surface area contributed by atoms with Gasteiger partial charge in [0.05, 0.1) is 12.4 Å². The highest BCUT2D eigenvalue weighted by molar-refractivity contribution is 7.88. The van der Waals surface area contributed by atoms with Gasteiger partial charge in [0.1, 0.15) is 4.99 Å². The zero-order valence-electron chi connectivity index (χ0n) is 11.9. The first kappa shape index (κ1) is 17.0. The minimum Gasteiger partial charge on any atom is -0.389 e. The van der Waals surface area contributed by atoms with E-state index in [1.54, 1.807) is 45.3 Å². The van der Waals surface area contributed by atoms with Gasteiger partial charge in [0, 0.05) is 25.8 Å². The van der Waals surface area contributed by atoms with E-state index in [4.69, 9.17) is 22.7 Å². The van der Waals surface area contributed by atoms with E-state index in [2.05, 4.69) is 0 Å². The van der Waals surface area contributed by atoms with Crippen LogP contribution in [-0.2, 0) is 20.5 Å². The molecular weight excluding hydrogens is 296 g/mol. The summed E-state index contributed by atoms with van der Waals surface area (Å²) in [6, 6.07) is 6.77. The predicted octanol–water partition coefficient (Wildman–Crippen LogP) is 1.12. The summed E-state index contributed by atoms with van der Waals surface area (Å²) in [5.74, 6) is -0.134. The molecule has 0 fully saturated rings. The number of hydrogen-bond donors (Lipinski definition) is 1. The molecule has 0 bridgehead atoms. The minimum absolute atomic E-state index is 0.134. The van der Waals surface area contributed by atoms with Crippen LogP contribution in [0.2, 0.25) is 0 Å². The fraction of sp³-hybridized carbons (Fsp3) is 0.462. The highest BCUT2D eigenvalue weighted by Gasteiger charge is 2.24. The van der Waals surface area contributed by atoms with Crippen molar-refractivity contribution in [2.75, 3.05) is 20.8 Å². The third-order valence-electron chi connectivity index (χ3n) is 3.09.